The Morgan fingerprint density at radius 3 is 2.93 bits per heavy atom. The fraction of sp³-hybridized carbons (Fsp3) is 0.500. The number of hydrogen-bond acceptors (Lipinski definition) is 5. The topological polar surface area (TPSA) is 61.8 Å². The van der Waals surface area contributed by atoms with Gasteiger partial charge in [0, 0.05) is 6.54 Å². The monoisotopic (exact) mass is 239 g/mol. The Kier molecular flexibility index (Phi) is 3.08. The maximum atomic E-state index is 8.88. The van der Waals surface area contributed by atoms with Gasteiger partial charge in [0.2, 0.25) is 0 Å². The highest BCUT2D eigenvalue weighted by molar-refractivity contribution is 7.99. The van der Waals surface area contributed by atoms with Gasteiger partial charge in [0.1, 0.15) is 15.9 Å². The van der Waals surface area contributed by atoms with Gasteiger partial charge in [0.15, 0.2) is 0 Å². The van der Waals surface area contributed by atoms with Crippen molar-refractivity contribution in [2.24, 2.45) is 5.92 Å². The molecule has 1 aromatic rings. The van der Waals surface area contributed by atoms with E-state index in [0.717, 1.165) is 22.4 Å². The Bertz CT molecular complexity index is 402. The van der Waals surface area contributed by atoms with Gasteiger partial charge in [-0.25, -0.2) is 0 Å². The van der Waals surface area contributed by atoms with Crippen molar-refractivity contribution in [2.45, 2.75) is 17.7 Å². The van der Waals surface area contributed by atoms with Gasteiger partial charge in [0.05, 0.1) is 10.6 Å². The fourth-order valence-electron chi connectivity index (χ4n) is 1.39. The van der Waals surface area contributed by atoms with Gasteiger partial charge in [-0.2, -0.15) is 5.26 Å². The number of nitriles is 1. The van der Waals surface area contributed by atoms with Crippen LogP contribution < -0.4 is 11.1 Å². The van der Waals surface area contributed by atoms with Gasteiger partial charge >= 0.3 is 0 Å². The zero-order valence-electron chi connectivity index (χ0n) is 8.54. The molecule has 0 spiro atoms. The van der Waals surface area contributed by atoms with Crippen LogP contribution in [0.3, 0.4) is 0 Å². The summed E-state index contributed by atoms with van der Waals surface area (Å²) < 4.78 is 0. The Labute approximate surface area is 97.7 Å². The summed E-state index contributed by atoms with van der Waals surface area (Å²) in [7, 11) is 0. The molecule has 0 unspecified atom stereocenters. The SMILES string of the molecule is CSc1c(NCC2CC2)sc(C#N)c1N. The summed E-state index contributed by atoms with van der Waals surface area (Å²) in [6, 6.07) is 2.13. The van der Waals surface area contributed by atoms with Crippen molar-refractivity contribution < 1.29 is 0 Å². The number of nitrogen functional groups attached to an aromatic ring is 1. The molecule has 0 bridgehead atoms. The van der Waals surface area contributed by atoms with Crippen molar-refractivity contribution >= 4 is 33.8 Å². The lowest BCUT2D eigenvalue weighted by atomic mass is 10.4. The second-order valence-electron chi connectivity index (χ2n) is 3.64. The molecule has 15 heavy (non-hydrogen) atoms. The van der Waals surface area contributed by atoms with Crippen LogP contribution in [0.5, 0.6) is 0 Å². The van der Waals surface area contributed by atoms with Gasteiger partial charge in [-0.1, -0.05) is 0 Å². The van der Waals surface area contributed by atoms with Crippen LogP contribution in [0.25, 0.3) is 0 Å². The summed E-state index contributed by atoms with van der Waals surface area (Å²) in [4.78, 5) is 1.65. The maximum absolute atomic E-state index is 8.88. The molecule has 3 nitrogen and oxygen atoms in total. The Morgan fingerprint density at radius 1 is 1.67 bits per heavy atom. The smallest absolute Gasteiger partial charge is 0.131 e. The van der Waals surface area contributed by atoms with Crippen LogP contribution >= 0.6 is 23.1 Å². The lowest BCUT2D eigenvalue weighted by molar-refractivity contribution is 0.890. The van der Waals surface area contributed by atoms with E-state index in [0.29, 0.717) is 10.6 Å². The van der Waals surface area contributed by atoms with Crippen LogP contribution in [0.4, 0.5) is 10.7 Å². The highest BCUT2D eigenvalue weighted by Gasteiger charge is 2.22. The minimum atomic E-state index is 0.623. The standard InChI is InChI=1S/C10H13N3S2/c1-14-9-8(12)7(4-11)15-10(9)13-5-6-2-3-6/h6,13H,2-3,5,12H2,1H3. The summed E-state index contributed by atoms with van der Waals surface area (Å²) in [5.74, 6) is 0.827. The van der Waals surface area contributed by atoms with E-state index in [1.807, 2.05) is 6.26 Å². The summed E-state index contributed by atoms with van der Waals surface area (Å²) >= 11 is 3.06. The van der Waals surface area contributed by atoms with E-state index < -0.39 is 0 Å². The molecule has 1 saturated carbocycles. The molecule has 1 aromatic heterocycles. The number of nitrogens with zero attached hydrogens (tertiary/aromatic N) is 1. The van der Waals surface area contributed by atoms with Crippen molar-refractivity contribution in [2.75, 3.05) is 23.9 Å². The van der Waals surface area contributed by atoms with Crippen molar-refractivity contribution in [3.8, 4) is 6.07 Å². The molecule has 1 fully saturated rings. The molecule has 1 heterocycles. The molecule has 0 saturated heterocycles. The summed E-state index contributed by atoms with van der Waals surface area (Å²) in [5.41, 5.74) is 6.51. The molecule has 0 atom stereocenters. The fourth-order valence-corrected chi connectivity index (χ4v) is 3.23. The van der Waals surface area contributed by atoms with Gasteiger partial charge < -0.3 is 11.1 Å². The predicted molar refractivity (Wildman–Crippen MR) is 66.4 cm³/mol. The van der Waals surface area contributed by atoms with Crippen LogP contribution in [-0.4, -0.2) is 12.8 Å². The van der Waals surface area contributed by atoms with E-state index in [-0.39, 0.29) is 0 Å². The lowest BCUT2D eigenvalue weighted by Crippen LogP contribution is -2.02. The minimum Gasteiger partial charge on any atom is -0.396 e. The quantitative estimate of drug-likeness (QED) is 0.793. The lowest BCUT2D eigenvalue weighted by Gasteiger charge is -2.04. The Morgan fingerprint density at radius 2 is 2.40 bits per heavy atom. The number of rotatable bonds is 4. The van der Waals surface area contributed by atoms with Gasteiger partial charge in [-0.05, 0) is 25.0 Å². The summed E-state index contributed by atoms with van der Waals surface area (Å²) in [6.45, 7) is 1.01. The van der Waals surface area contributed by atoms with Gasteiger partial charge in [0.25, 0.3) is 0 Å². The van der Waals surface area contributed by atoms with E-state index in [1.54, 1.807) is 11.8 Å². The van der Waals surface area contributed by atoms with Crippen molar-refractivity contribution in [3.63, 3.8) is 0 Å². The number of hydrogen-bond donors (Lipinski definition) is 2. The minimum absolute atomic E-state index is 0.623. The first-order valence-electron chi connectivity index (χ1n) is 4.86. The second-order valence-corrected chi connectivity index (χ2v) is 5.48. The average Bonchev–Trinajstić information content (AvgIpc) is 3.01. The highest BCUT2D eigenvalue weighted by atomic mass is 32.2. The van der Waals surface area contributed by atoms with Crippen LogP contribution in [0.15, 0.2) is 4.90 Å². The molecule has 1 aliphatic rings. The molecule has 80 valence electrons. The zero-order chi connectivity index (χ0) is 10.8. The third kappa shape index (κ3) is 2.21. The summed E-state index contributed by atoms with van der Waals surface area (Å²) in [5, 5.41) is 13.3. The highest BCUT2D eigenvalue weighted by Crippen LogP contribution is 2.42. The summed E-state index contributed by atoms with van der Waals surface area (Å²) in [6.07, 6.45) is 4.64. The number of nitrogens with two attached hydrogens (primary N) is 1. The van der Waals surface area contributed by atoms with Crippen molar-refractivity contribution in [3.05, 3.63) is 4.88 Å². The van der Waals surface area contributed by atoms with E-state index in [9.17, 15) is 0 Å². The molecular formula is C10H13N3S2. The van der Waals surface area contributed by atoms with E-state index in [1.165, 1.54) is 24.2 Å². The van der Waals surface area contributed by atoms with Crippen LogP contribution in [-0.2, 0) is 0 Å². The number of thioether (sulfide) groups is 1. The molecule has 0 radical (unpaired) electrons. The molecule has 3 N–H and O–H groups in total. The third-order valence-electron chi connectivity index (χ3n) is 2.45. The van der Waals surface area contributed by atoms with Crippen molar-refractivity contribution in [1.29, 1.82) is 5.26 Å². The zero-order valence-corrected chi connectivity index (χ0v) is 10.2. The molecule has 2 rings (SSSR count). The average molecular weight is 239 g/mol. The van der Waals surface area contributed by atoms with Crippen LogP contribution in [0.2, 0.25) is 0 Å². The maximum Gasteiger partial charge on any atom is 0.131 e. The van der Waals surface area contributed by atoms with Crippen molar-refractivity contribution in [1.82, 2.24) is 0 Å². The largest absolute Gasteiger partial charge is 0.396 e. The molecular weight excluding hydrogens is 226 g/mol. The Balaban J connectivity index is 2.16. The van der Waals surface area contributed by atoms with Crippen LogP contribution in [0, 0.1) is 17.2 Å². The van der Waals surface area contributed by atoms with E-state index in [2.05, 4.69) is 11.4 Å². The van der Waals surface area contributed by atoms with E-state index in [4.69, 9.17) is 11.0 Å². The van der Waals surface area contributed by atoms with E-state index >= 15 is 0 Å². The Hall–Kier alpha value is -0.860. The predicted octanol–water partition coefficient (Wildman–Crippen LogP) is 2.75. The number of nitrogens with one attached hydrogen (secondary N) is 1. The molecule has 5 heteroatoms. The molecule has 0 amide bonds. The normalized spacial score (nSPS) is 14.9. The van der Waals surface area contributed by atoms with Crippen LogP contribution in [0.1, 0.15) is 17.7 Å². The first-order valence-corrected chi connectivity index (χ1v) is 6.90. The second kappa shape index (κ2) is 4.33. The number of thiophene rings is 1. The molecule has 1 aliphatic carbocycles. The molecule has 0 aromatic carbocycles. The number of anilines is 2. The first kappa shape index (κ1) is 10.7. The van der Waals surface area contributed by atoms with Gasteiger partial charge in [-0.3, -0.25) is 0 Å². The van der Waals surface area contributed by atoms with Gasteiger partial charge in [-0.15, -0.1) is 23.1 Å². The molecule has 0 aliphatic heterocycles. The third-order valence-corrected chi connectivity index (χ3v) is 4.48. The first-order chi connectivity index (χ1) is 7.26.